The summed E-state index contributed by atoms with van der Waals surface area (Å²) in [5.74, 6) is 2.40. The van der Waals surface area contributed by atoms with Gasteiger partial charge in [-0.25, -0.2) is 19.7 Å². The van der Waals surface area contributed by atoms with E-state index in [-0.39, 0.29) is 23.6 Å². The predicted octanol–water partition coefficient (Wildman–Crippen LogP) is 4.01. The van der Waals surface area contributed by atoms with Gasteiger partial charge in [0.25, 0.3) is 0 Å². The summed E-state index contributed by atoms with van der Waals surface area (Å²) in [4.78, 5) is 32.8. The fraction of sp³-hybridized carbons (Fsp3) is 0.560. The molecule has 9 heteroatoms. The Hall–Kier alpha value is -3.41. The molecule has 4 rings (SSSR count). The van der Waals surface area contributed by atoms with Crippen LogP contribution in [0.5, 0.6) is 0 Å². The lowest BCUT2D eigenvalue weighted by Gasteiger charge is -2.45. The number of fused-ring (bicyclic) bond motifs is 1. The van der Waals surface area contributed by atoms with Crippen LogP contribution in [0.15, 0.2) is 24.7 Å². The summed E-state index contributed by atoms with van der Waals surface area (Å²) in [6.07, 6.45) is 2.96. The van der Waals surface area contributed by atoms with Gasteiger partial charge in [0.05, 0.1) is 11.6 Å². The molecule has 34 heavy (non-hydrogen) atoms. The van der Waals surface area contributed by atoms with Crippen LogP contribution in [0.2, 0.25) is 0 Å². The number of rotatable bonds is 2. The van der Waals surface area contributed by atoms with Gasteiger partial charge < -0.3 is 19.4 Å². The molecular formula is C25H33N7O2. The molecule has 2 aromatic heterocycles. The molecule has 0 N–H and O–H groups in total. The highest BCUT2D eigenvalue weighted by atomic mass is 16.6. The highest BCUT2D eigenvalue weighted by Gasteiger charge is 2.44. The molecule has 0 unspecified atom stereocenters. The van der Waals surface area contributed by atoms with Gasteiger partial charge >= 0.3 is 6.09 Å². The quantitative estimate of drug-likeness (QED) is 0.659. The summed E-state index contributed by atoms with van der Waals surface area (Å²) < 4.78 is 5.63. The molecule has 2 aliphatic heterocycles. The summed E-state index contributed by atoms with van der Waals surface area (Å²) in [5, 5.41) is 9.33. The Bertz CT molecular complexity index is 1130. The third-order valence-corrected chi connectivity index (χ3v) is 6.33. The average molecular weight is 464 g/mol. The predicted molar refractivity (Wildman–Crippen MR) is 130 cm³/mol. The number of aromatic nitrogens is 3. The van der Waals surface area contributed by atoms with Crippen molar-refractivity contribution in [1.29, 1.82) is 5.26 Å². The SMILES string of the molecule is C[C@@H]1CN(c2ncnc3c2C(C)(C)CN3c2cc(C#N)ccn2)[C@H](C)CN1C(=O)OC(C)(C)C. The average Bonchev–Trinajstić information content (AvgIpc) is 3.05. The van der Waals surface area contributed by atoms with E-state index in [4.69, 9.17) is 9.72 Å². The van der Waals surface area contributed by atoms with Crippen molar-refractivity contribution < 1.29 is 9.53 Å². The van der Waals surface area contributed by atoms with E-state index in [1.54, 1.807) is 24.7 Å². The number of hydrogen-bond donors (Lipinski definition) is 0. The zero-order valence-electron chi connectivity index (χ0n) is 21.0. The molecule has 1 saturated heterocycles. The minimum Gasteiger partial charge on any atom is -0.444 e. The van der Waals surface area contributed by atoms with Crippen LogP contribution in [-0.4, -0.2) is 63.3 Å². The number of nitriles is 1. The van der Waals surface area contributed by atoms with Gasteiger partial charge in [0.1, 0.15) is 29.4 Å². The van der Waals surface area contributed by atoms with Crippen LogP contribution in [-0.2, 0) is 10.2 Å². The molecule has 0 aromatic carbocycles. The van der Waals surface area contributed by atoms with Gasteiger partial charge in [-0.1, -0.05) is 13.8 Å². The fourth-order valence-corrected chi connectivity index (χ4v) is 4.77. The first kappa shape index (κ1) is 23.7. The standard InChI is InChI=1S/C25H33N7O2/c1-16-13-31(23(33)34-24(3,4)5)17(2)12-30(16)21-20-22(29-15-28-21)32(14-25(20,6)7)19-10-18(11-26)8-9-27-19/h8-10,15-17H,12-14H2,1-7H3/t16-,17-/m1/s1. The van der Waals surface area contributed by atoms with Crippen molar-refractivity contribution in [3.63, 3.8) is 0 Å². The monoisotopic (exact) mass is 463 g/mol. The lowest BCUT2D eigenvalue weighted by Crippen LogP contribution is -2.59. The van der Waals surface area contributed by atoms with Crippen molar-refractivity contribution in [3.05, 3.63) is 35.8 Å². The van der Waals surface area contributed by atoms with Crippen LogP contribution in [0.1, 0.15) is 59.6 Å². The molecular weight excluding hydrogens is 430 g/mol. The minimum absolute atomic E-state index is 0.0359. The fourth-order valence-electron chi connectivity index (χ4n) is 4.77. The van der Waals surface area contributed by atoms with Gasteiger partial charge in [0.15, 0.2) is 0 Å². The molecule has 0 saturated carbocycles. The molecule has 1 amide bonds. The van der Waals surface area contributed by atoms with Crippen molar-refractivity contribution >= 4 is 23.5 Å². The van der Waals surface area contributed by atoms with Crippen molar-refractivity contribution in [3.8, 4) is 6.07 Å². The summed E-state index contributed by atoms with van der Waals surface area (Å²) in [7, 11) is 0. The van der Waals surface area contributed by atoms with E-state index >= 15 is 0 Å². The number of carbonyl (C=O) groups excluding carboxylic acids is 1. The third-order valence-electron chi connectivity index (χ3n) is 6.33. The minimum atomic E-state index is -0.533. The van der Waals surface area contributed by atoms with Crippen molar-refractivity contribution in [1.82, 2.24) is 19.9 Å². The summed E-state index contributed by atoms with van der Waals surface area (Å²) in [5.41, 5.74) is 0.853. The van der Waals surface area contributed by atoms with Crippen LogP contribution < -0.4 is 9.80 Å². The second-order valence-corrected chi connectivity index (χ2v) is 10.9. The number of hydrogen-bond acceptors (Lipinski definition) is 8. The molecule has 0 radical (unpaired) electrons. The van der Waals surface area contributed by atoms with Crippen LogP contribution in [0, 0.1) is 11.3 Å². The smallest absolute Gasteiger partial charge is 0.410 e. The summed E-state index contributed by atoms with van der Waals surface area (Å²) >= 11 is 0. The second-order valence-electron chi connectivity index (χ2n) is 10.9. The lowest BCUT2D eigenvalue weighted by molar-refractivity contribution is 0.0129. The number of amides is 1. The largest absolute Gasteiger partial charge is 0.444 e. The van der Waals surface area contributed by atoms with Crippen molar-refractivity contribution in [2.45, 2.75) is 71.6 Å². The number of carbonyl (C=O) groups is 1. The van der Waals surface area contributed by atoms with E-state index in [9.17, 15) is 10.1 Å². The Labute approximate surface area is 201 Å². The third kappa shape index (κ3) is 4.37. The Morgan fingerprint density at radius 1 is 1.15 bits per heavy atom. The maximum atomic E-state index is 12.8. The van der Waals surface area contributed by atoms with Crippen molar-refractivity contribution in [2.75, 3.05) is 29.4 Å². The number of pyridine rings is 1. The maximum absolute atomic E-state index is 12.8. The van der Waals surface area contributed by atoms with Crippen LogP contribution in [0.4, 0.5) is 22.2 Å². The Morgan fingerprint density at radius 3 is 2.53 bits per heavy atom. The lowest BCUT2D eigenvalue weighted by atomic mass is 9.87. The molecule has 1 fully saturated rings. The van der Waals surface area contributed by atoms with E-state index in [2.05, 4.69) is 46.6 Å². The number of ether oxygens (including phenoxy) is 1. The Balaban J connectivity index is 1.67. The second kappa shape index (κ2) is 8.42. The van der Waals surface area contributed by atoms with Gasteiger partial charge in [-0.05, 0) is 46.8 Å². The Morgan fingerprint density at radius 2 is 1.85 bits per heavy atom. The highest BCUT2D eigenvalue weighted by molar-refractivity contribution is 5.74. The zero-order chi connectivity index (χ0) is 24.8. The van der Waals surface area contributed by atoms with Gasteiger partial charge in [0, 0.05) is 48.9 Å². The Kier molecular flexibility index (Phi) is 5.88. The molecule has 2 aliphatic rings. The summed E-state index contributed by atoms with van der Waals surface area (Å²) in [6, 6.07) is 5.69. The molecule has 4 heterocycles. The first-order valence-electron chi connectivity index (χ1n) is 11.7. The van der Waals surface area contributed by atoms with E-state index in [1.807, 2.05) is 32.6 Å². The number of nitrogens with zero attached hydrogens (tertiary/aromatic N) is 7. The normalized spacial score (nSPS) is 21.8. The molecule has 180 valence electrons. The van der Waals surface area contributed by atoms with Crippen LogP contribution in [0.3, 0.4) is 0 Å². The van der Waals surface area contributed by atoms with Gasteiger partial charge in [-0.3, -0.25) is 0 Å². The van der Waals surface area contributed by atoms with Gasteiger partial charge in [0.2, 0.25) is 0 Å². The van der Waals surface area contributed by atoms with E-state index in [0.29, 0.717) is 31.0 Å². The van der Waals surface area contributed by atoms with Gasteiger partial charge in [-0.15, -0.1) is 0 Å². The maximum Gasteiger partial charge on any atom is 0.410 e. The number of anilines is 3. The van der Waals surface area contributed by atoms with Crippen LogP contribution >= 0.6 is 0 Å². The summed E-state index contributed by atoms with van der Waals surface area (Å²) in [6.45, 7) is 16.0. The molecule has 9 nitrogen and oxygen atoms in total. The highest BCUT2D eigenvalue weighted by Crippen LogP contribution is 2.46. The molecule has 0 bridgehead atoms. The molecule has 2 atom stereocenters. The molecule has 2 aromatic rings. The van der Waals surface area contributed by atoms with Crippen LogP contribution in [0.25, 0.3) is 0 Å². The van der Waals surface area contributed by atoms with Gasteiger partial charge in [-0.2, -0.15) is 5.26 Å². The first-order valence-corrected chi connectivity index (χ1v) is 11.7. The zero-order valence-corrected chi connectivity index (χ0v) is 21.0. The molecule has 0 aliphatic carbocycles. The van der Waals surface area contributed by atoms with Crippen molar-refractivity contribution in [2.24, 2.45) is 0 Å². The first-order chi connectivity index (χ1) is 15.9. The van der Waals surface area contributed by atoms with E-state index in [1.165, 1.54) is 0 Å². The van der Waals surface area contributed by atoms with E-state index < -0.39 is 5.60 Å². The molecule has 0 spiro atoms. The van der Waals surface area contributed by atoms with E-state index in [0.717, 1.165) is 17.2 Å². The number of piperazine rings is 1. The topological polar surface area (TPSA) is 98.5 Å².